The molecule has 0 bridgehead atoms. The van der Waals surface area contributed by atoms with Gasteiger partial charge in [0.05, 0.1) is 0 Å². The van der Waals surface area contributed by atoms with Gasteiger partial charge in [-0.1, -0.05) is 0 Å². The van der Waals surface area contributed by atoms with Crippen molar-refractivity contribution in [3.8, 4) is 0 Å². The Labute approximate surface area is 165 Å². The first kappa shape index (κ1) is 21.0. The smallest absolute Gasteiger partial charge is 0.147 e. The van der Waals surface area contributed by atoms with Crippen LogP contribution in [0.25, 0.3) is 0 Å². The monoisotopic (exact) mass is 469 g/mol. The first-order chi connectivity index (χ1) is 11.8. The van der Waals surface area contributed by atoms with Gasteiger partial charge in [0.25, 0.3) is 0 Å². The molecule has 2 unspecified atom stereocenters. The Morgan fingerprint density at radius 3 is 1.73 bits per heavy atom. The molecule has 4 heteroatoms. The Balaban J connectivity index is 0.00000196. The van der Waals surface area contributed by atoms with Crippen LogP contribution in [0.15, 0.2) is 46.6 Å². The Hall–Kier alpha value is 0.310. The molecule has 0 amide bonds. The summed E-state index contributed by atoms with van der Waals surface area (Å²) in [5, 5.41) is 0. The predicted molar refractivity (Wildman–Crippen MR) is 116 cm³/mol. The Bertz CT molecular complexity index is 767. The number of allylic oxidation sites excluding steroid dienone is 8. The summed E-state index contributed by atoms with van der Waals surface area (Å²) in [6, 6.07) is 0. The average Bonchev–Trinajstić information content (AvgIpc) is 3.20. The van der Waals surface area contributed by atoms with Gasteiger partial charge in [-0.15, -0.1) is 12.4 Å². The van der Waals surface area contributed by atoms with E-state index < -0.39 is 16.4 Å². The third-order valence-electron chi connectivity index (χ3n) is 7.84. The minimum atomic E-state index is -4.08. The standard InChI is InChI=1S/2C9H11.C2H5O.2CH3.ClH.H2Si.Zr/c2*1-2-5-9-7-3-6-8(9)4-1;1-2-3;;;;;/h2*3,6-7H,1-2,4-5H2;2H2,1H3;2*1H3;1H;1H2;/q;;-1;;;;;+1. The summed E-state index contributed by atoms with van der Waals surface area (Å²) < 4.78 is 13.6. The molecular formula is C22H36ClOSiZr. The summed E-state index contributed by atoms with van der Waals surface area (Å²) in [4.78, 5) is 0. The average molecular weight is 471 g/mol. The fraction of sp³-hybridized carbons (Fsp3) is 0.636. The molecule has 0 aliphatic heterocycles. The van der Waals surface area contributed by atoms with Crippen LogP contribution in [0.1, 0.15) is 58.3 Å². The number of hydrogen-bond acceptors (Lipinski definition) is 1. The van der Waals surface area contributed by atoms with Crippen LogP contribution in [0.5, 0.6) is 0 Å². The van der Waals surface area contributed by atoms with E-state index in [4.69, 9.17) is 2.81 Å². The van der Waals surface area contributed by atoms with E-state index in [-0.39, 0.29) is 12.4 Å². The van der Waals surface area contributed by atoms with Crippen LogP contribution in [0.2, 0.25) is 16.5 Å². The summed E-state index contributed by atoms with van der Waals surface area (Å²) in [7, 11) is 0. The first-order valence-electron chi connectivity index (χ1n) is 10.5. The quantitative estimate of drug-likeness (QED) is 0.416. The fourth-order valence-corrected chi connectivity index (χ4v) is 28.8. The molecule has 0 aromatic heterocycles. The molecule has 0 radical (unpaired) electrons. The van der Waals surface area contributed by atoms with Crippen molar-refractivity contribution in [3.05, 3.63) is 46.6 Å². The molecular weight excluding hydrogens is 435 g/mol. The van der Waals surface area contributed by atoms with Crippen LogP contribution < -0.4 is 0 Å². The SMILES string of the molecule is CC[O][Zr]([CH3])([CH3])(=[SiH2])([CH]1C=CC2=C1CCCC2)[CH]1C=CC2=C1CCCC2.Cl. The molecule has 0 saturated carbocycles. The maximum Gasteiger partial charge on any atom is -0.147 e. The van der Waals surface area contributed by atoms with Crippen LogP contribution in [-0.2, 0) is 19.2 Å². The van der Waals surface area contributed by atoms with Gasteiger partial charge in [-0.2, -0.15) is 0 Å². The van der Waals surface area contributed by atoms with Crippen molar-refractivity contribution in [2.24, 2.45) is 0 Å². The third kappa shape index (κ3) is 3.00. The van der Waals surface area contributed by atoms with Gasteiger partial charge in [0.2, 0.25) is 0 Å². The molecule has 1 nitrogen and oxygen atoms in total. The fourth-order valence-electron chi connectivity index (χ4n) is 6.58. The van der Waals surface area contributed by atoms with Gasteiger partial charge in [0.15, 0.2) is 0 Å². The summed E-state index contributed by atoms with van der Waals surface area (Å²) in [5.74, 6) is 0. The summed E-state index contributed by atoms with van der Waals surface area (Å²) in [6.07, 6.45) is 20.8. The molecule has 0 spiro atoms. The normalized spacial score (nSPS) is 30.6. The zero-order valence-electron chi connectivity index (χ0n) is 16.9. The molecule has 4 rings (SSSR count). The summed E-state index contributed by atoms with van der Waals surface area (Å²) in [5.41, 5.74) is 6.83. The molecule has 0 N–H and O–H groups in total. The zero-order valence-corrected chi connectivity index (χ0v) is 21.5. The molecule has 0 heterocycles. The molecule has 2 atom stereocenters. The molecule has 4 aliphatic carbocycles. The van der Waals surface area contributed by atoms with Crippen molar-refractivity contribution in [1.29, 1.82) is 0 Å². The largest absolute Gasteiger partial charge is 0.147 e. The second-order valence-corrected chi connectivity index (χ2v) is 47.3. The maximum atomic E-state index is 7.11. The molecule has 0 aromatic rings. The van der Waals surface area contributed by atoms with Gasteiger partial charge in [-0.25, -0.2) is 0 Å². The van der Waals surface area contributed by atoms with Crippen molar-refractivity contribution in [2.75, 3.05) is 6.61 Å². The van der Waals surface area contributed by atoms with Gasteiger partial charge in [-0.3, -0.25) is 0 Å². The molecule has 4 aliphatic rings. The van der Waals surface area contributed by atoms with E-state index in [1.54, 1.807) is 22.3 Å². The van der Waals surface area contributed by atoms with Crippen LogP contribution >= 0.6 is 12.4 Å². The van der Waals surface area contributed by atoms with Crippen molar-refractivity contribution < 1.29 is 19.2 Å². The Morgan fingerprint density at radius 2 is 1.31 bits per heavy atom. The maximum absolute atomic E-state index is 7.11. The van der Waals surface area contributed by atoms with E-state index in [2.05, 4.69) is 47.4 Å². The topological polar surface area (TPSA) is 9.23 Å². The van der Waals surface area contributed by atoms with E-state index in [1.807, 2.05) is 0 Å². The number of hydrogen-bond donors (Lipinski definition) is 0. The van der Waals surface area contributed by atoms with E-state index in [9.17, 15) is 0 Å². The van der Waals surface area contributed by atoms with Gasteiger partial charge in [0.1, 0.15) is 0 Å². The first-order valence-corrected chi connectivity index (χ1v) is 25.2. The van der Waals surface area contributed by atoms with Gasteiger partial charge in [-0.05, 0) is 0 Å². The Morgan fingerprint density at radius 1 is 0.885 bits per heavy atom. The van der Waals surface area contributed by atoms with Crippen molar-refractivity contribution in [1.82, 2.24) is 0 Å². The summed E-state index contributed by atoms with van der Waals surface area (Å²) in [6.45, 7) is 5.42. The van der Waals surface area contributed by atoms with Crippen LogP contribution in [0.4, 0.5) is 0 Å². The van der Waals surface area contributed by atoms with Crippen molar-refractivity contribution in [3.63, 3.8) is 0 Å². The van der Waals surface area contributed by atoms with Gasteiger partial charge in [0, 0.05) is 0 Å². The van der Waals surface area contributed by atoms with Crippen molar-refractivity contribution in [2.45, 2.75) is 74.8 Å². The van der Waals surface area contributed by atoms with Crippen LogP contribution in [-0.4, -0.2) is 13.5 Å². The van der Waals surface area contributed by atoms with Crippen LogP contribution in [0, 0.1) is 0 Å². The van der Waals surface area contributed by atoms with Crippen LogP contribution in [0.3, 0.4) is 0 Å². The van der Waals surface area contributed by atoms with E-state index in [0.717, 1.165) is 6.61 Å². The van der Waals surface area contributed by atoms with E-state index >= 15 is 0 Å². The third-order valence-corrected chi connectivity index (χ3v) is 31.7. The Kier molecular flexibility index (Phi) is 5.41. The minimum absolute atomic E-state index is 0. The molecule has 145 valence electrons. The second kappa shape index (κ2) is 6.68. The van der Waals surface area contributed by atoms with E-state index in [1.165, 1.54) is 51.4 Å². The second-order valence-electron chi connectivity index (χ2n) is 10.3. The molecule has 0 saturated heterocycles. The molecule has 0 aromatic carbocycles. The predicted octanol–water partition coefficient (Wildman–Crippen LogP) is 6.69. The summed E-state index contributed by atoms with van der Waals surface area (Å²) >= 11 is -4.08. The van der Waals surface area contributed by atoms with Crippen molar-refractivity contribution >= 4 is 19.3 Å². The number of rotatable bonds is 4. The van der Waals surface area contributed by atoms with E-state index in [0.29, 0.717) is 7.25 Å². The van der Waals surface area contributed by atoms with Gasteiger partial charge < -0.3 is 0 Å². The number of halogens is 1. The molecule has 26 heavy (non-hydrogen) atoms. The molecule has 0 fully saturated rings. The van der Waals surface area contributed by atoms with Gasteiger partial charge >= 0.3 is 154 Å². The minimum Gasteiger partial charge on any atom is -0.147 e. The zero-order chi connectivity index (χ0) is 17.8.